The van der Waals surface area contributed by atoms with E-state index < -0.39 is 0 Å². The number of hydrogen-bond acceptors (Lipinski definition) is 3. The molecule has 4 nitrogen and oxygen atoms in total. The van der Waals surface area contributed by atoms with Crippen molar-refractivity contribution in [3.05, 3.63) is 24.3 Å². The highest BCUT2D eigenvalue weighted by Gasteiger charge is 2.03. The average Bonchev–Trinajstić information content (AvgIpc) is 2.88. The Labute approximate surface area is 91.3 Å². The quantitative estimate of drug-likeness (QED) is 0.692. The summed E-state index contributed by atoms with van der Waals surface area (Å²) in [6.45, 7) is 2.56. The van der Waals surface area contributed by atoms with Gasteiger partial charge in [0.15, 0.2) is 0 Å². The van der Waals surface area contributed by atoms with Gasteiger partial charge in [0.2, 0.25) is 0 Å². The molecule has 1 atom stereocenters. The molecular formula is C10H15N4P. The first-order chi connectivity index (χ1) is 7.36. The van der Waals surface area contributed by atoms with Crippen LogP contribution in [-0.2, 0) is 0 Å². The number of aromatic nitrogens is 3. The summed E-state index contributed by atoms with van der Waals surface area (Å²) in [5, 5.41) is 10.2. The van der Waals surface area contributed by atoms with Crippen molar-refractivity contribution in [1.29, 1.82) is 0 Å². The summed E-state index contributed by atoms with van der Waals surface area (Å²) < 4.78 is 2.28. The molecule has 1 aliphatic rings. The fourth-order valence-electron chi connectivity index (χ4n) is 1.53. The second-order valence-corrected chi connectivity index (χ2v) is 4.30. The molecule has 0 saturated carbocycles. The van der Waals surface area contributed by atoms with Crippen molar-refractivity contribution >= 4 is 20.4 Å². The van der Waals surface area contributed by atoms with Gasteiger partial charge in [-0.1, -0.05) is 26.7 Å². The van der Waals surface area contributed by atoms with E-state index in [1.165, 1.54) is 25.9 Å². The number of para-hydroxylation sites is 1. The van der Waals surface area contributed by atoms with Gasteiger partial charge in [-0.25, -0.2) is 0 Å². The van der Waals surface area contributed by atoms with Gasteiger partial charge in [-0.15, -0.1) is 5.10 Å². The van der Waals surface area contributed by atoms with Gasteiger partial charge in [0.05, 0.1) is 5.52 Å². The Hall–Kier alpha value is -0.990. The van der Waals surface area contributed by atoms with Crippen LogP contribution in [-0.4, -0.2) is 33.2 Å². The third-order valence-electron chi connectivity index (χ3n) is 2.37. The van der Waals surface area contributed by atoms with Crippen molar-refractivity contribution in [3.63, 3.8) is 0 Å². The third kappa shape index (κ3) is 2.98. The van der Waals surface area contributed by atoms with E-state index >= 15 is 0 Å². The summed E-state index contributed by atoms with van der Waals surface area (Å²) in [4.78, 5) is 0. The van der Waals surface area contributed by atoms with Crippen LogP contribution in [0.3, 0.4) is 0 Å². The van der Waals surface area contributed by atoms with E-state index in [0.29, 0.717) is 0 Å². The molecule has 1 aliphatic heterocycles. The van der Waals surface area contributed by atoms with Crippen molar-refractivity contribution < 1.29 is 0 Å². The first kappa shape index (κ1) is 10.5. The minimum atomic E-state index is 0.914. The van der Waals surface area contributed by atoms with Crippen molar-refractivity contribution in [2.24, 2.45) is 0 Å². The lowest BCUT2D eigenvalue weighted by atomic mass is 10.3. The number of nitrogens with one attached hydrogen (secondary N) is 1. The van der Waals surface area contributed by atoms with Crippen LogP contribution >= 0.6 is 9.39 Å². The summed E-state index contributed by atoms with van der Waals surface area (Å²) in [6.07, 6.45) is 2.78. The van der Waals surface area contributed by atoms with E-state index in [1.807, 2.05) is 24.3 Å². The highest BCUT2D eigenvalue weighted by Crippen LogP contribution is 2.10. The molecule has 5 heteroatoms. The highest BCUT2D eigenvalue weighted by atomic mass is 31.0. The molecule has 1 aromatic carbocycles. The molecule has 0 amide bonds. The molecule has 1 N–H and O–H groups in total. The minimum Gasteiger partial charge on any atom is -0.287 e. The molecule has 2 heterocycles. The highest BCUT2D eigenvalue weighted by molar-refractivity contribution is 7.13. The monoisotopic (exact) mass is 222 g/mol. The molecule has 15 heavy (non-hydrogen) atoms. The number of aromatic amines is 1. The van der Waals surface area contributed by atoms with Crippen LogP contribution < -0.4 is 0 Å². The predicted octanol–water partition coefficient (Wildman–Crippen LogP) is 1.83. The lowest BCUT2D eigenvalue weighted by Gasteiger charge is -2.00. The van der Waals surface area contributed by atoms with Gasteiger partial charge in [-0.2, -0.15) is 0 Å². The Morgan fingerprint density at radius 3 is 2.53 bits per heavy atom. The molecule has 1 fully saturated rings. The maximum atomic E-state index is 3.81. The topological polar surface area (TPSA) is 44.8 Å². The molecule has 80 valence electrons. The molecule has 0 spiro atoms. The molecule has 1 saturated heterocycles. The zero-order valence-corrected chi connectivity index (χ0v) is 9.71. The summed E-state index contributed by atoms with van der Waals surface area (Å²) >= 11 is 0. The van der Waals surface area contributed by atoms with E-state index in [-0.39, 0.29) is 0 Å². The van der Waals surface area contributed by atoms with Gasteiger partial charge in [0, 0.05) is 13.1 Å². The van der Waals surface area contributed by atoms with Crippen LogP contribution in [0.2, 0.25) is 0 Å². The molecule has 1 aromatic heterocycles. The first-order valence-electron chi connectivity index (χ1n) is 5.12. The lowest BCUT2D eigenvalue weighted by molar-refractivity contribution is 0.586. The van der Waals surface area contributed by atoms with E-state index in [2.05, 4.69) is 29.5 Å². The Bertz CT molecular complexity index is 378. The lowest BCUT2D eigenvalue weighted by Crippen LogP contribution is -2.01. The Morgan fingerprint density at radius 1 is 1.20 bits per heavy atom. The number of H-pyrrole nitrogens is 1. The van der Waals surface area contributed by atoms with Gasteiger partial charge < -0.3 is 0 Å². The Kier molecular flexibility index (Phi) is 3.64. The first-order valence-corrected chi connectivity index (χ1v) is 5.63. The normalized spacial score (nSPS) is 16.3. The van der Waals surface area contributed by atoms with Crippen molar-refractivity contribution in [2.75, 3.05) is 13.1 Å². The minimum absolute atomic E-state index is 0.914. The fourth-order valence-corrected chi connectivity index (χ4v) is 1.89. The van der Waals surface area contributed by atoms with Gasteiger partial charge in [-0.05, 0) is 25.0 Å². The second-order valence-electron chi connectivity index (χ2n) is 3.57. The standard InChI is InChI=1S/C6H5N3.C4H10NP/c1-2-4-6-5(3-1)7-9-8-6;6-5-3-1-2-4-5/h1-4H,(H,7,8,9);1-4,6H2. The van der Waals surface area contributed by atoms with Crippen LogP contribution in [0.15, 0.2) is 24.3 Å². The molecule has 0 radical (unpaired) electrons. The zero-order chi connectivity index (χ0) is 10.5. The van der Waals surface area contributed by atoms with Crippen LogP contribution in [0, 0.1) is 0 Å². The third-order valence-corrected chi connectivity index (χ3v) is 2.89. The zero-order valence-electron chi connectivity index (χ0n) is 8.56. The fraction of sp³-hybridized carbons (Fsp3) is 0.400. The van der Waals surface area contributed by atoms with E-state index in [1.54, 1.807) is 0 Å². The van der Waals surface area contributed by atoms with Crippen LogP contribution in [0.1, 0.15) is 12.8 Å². The maximum Gasteiger partial charge on any atom is 0.112 e. The van der Waals surface area contributed by atoms with Gasteiger partial charge in [0.1, 0.15) is 5.52 Å². The van der Waals surface area contributed by atoms with Crippen LogP contribution in [0.4, 0.5) is 0 Å². The van der Waals surface area contributed by atoms with Crippen molar-refractivity contribution in [1.82, 2.24) is 20.1 Å². The van der Waals surface area contributed by atoms with Crippen molar-refractivity contribution in [2.45, 2.75) is 12.8 Å². The average molecular weight is 222 g/mol. The largest absolute Gasteiger partial charge is 0.287 e. The van der Waals surface area contributed by atoms with E-state index in [4.69, 9.17) is 0 Å². The van der Waals surface area contributed by atoms with Gasteiger partial charge in [0.25, 0.3) is 0 Å². The SMILES string of the molecule is PN1CCCC1.c1ccc2[nH]nnc2c1. The Balaban J connectivity index is 0.000000124. The number of benzene rings is 1. The van der Waals surface area contributed by atoms with E-state index in [9.17, 15) is 0 Å². The number of rotatable bonds is 0. The van der Waals surface area contributed by atoms with E-state index in [0.717, 1.165) is 11.0 Å². The molecule has 1 unspecified atom stereocenters. The van der Waals surface area contributed by atoms with Crippen LogP contribution in [0.25, 0.3) is 11.0 Å². The summed E-state index contributed by atoms with van der Waals surface area (Å²) in [5.41, 5.74) is 1.90. The summed E-state index contributed by atoms with van der Waals surface area (Å²) in [6, 6.07) is 7.74. The second kappa shape index (κ2) is 5.19. The molecule has 3 rings (SSSR count). The van der Waals surface area contributed by atoms with Crippen molar-refractivity contribution in [3.8, 4) is 0 Å². The maximum absolute atomic E-state index is 3.81. The van der Waals surface area contributed by atoms with Gasteiger partial charge in [-0.3, -0.25) is 9.77 Å². The smallest absolute Gasteiger partial charge is 0.112 e. The summed E-state index contributed by atoms with van der Waals surface area (Å²) in [5.74, 6) is 0. The molecule has 2 aromatic rings. The number of nitrogens with zero attached hydrogens (tertiary/aromatic N) is 3. The molecule has 0 bridgehead atoms. The Morgan fingerprint density at radius 2 is 1.93 bits per heavy atom. The number of fused-ring (bicyclic) bond motifs is 1. The molecule has 0 aliphatic carbocycles. The van der Waals surface area contributed by atoms with Gasteiger partial charge >= 0.3 is 0 Å². The number of hydrogen-bond donors (Lipinski definition) is 1. The summed E-state index contributed by atoms with van der Waals surface area (Å²) in [7, 11) is 2.71. The predicted molar refractivity (Wildman–Crippen MR) is 64.4 cm³/mol. The van der Waals surface area contributed by atoms with Crippen LogP contribution in [0.5, 0.6) is 0 Å². The molecular weight excluding hydrogens is 207 g/mol.